The van der Waals surface area contributed by atoms with Gasteiger partial charge in [-0.3, -0.25) is 4.79 Å². The fourth-order valence-corrected chi connectivity index (χ4v) is 3.18. The molecule has 3 N–H and O–H groups in total. The second-order valence-electron chi connectivity index (χ2n) is 6.36. The Morgan fingerprint density at radius 3 is 2.39 bits per heavy atom. The molecule has 2 rings (SSSR count). The van der Waals surface area contributed by atoms with Gasteiger partial charge in [0.05, 0.1) is 11.1 Å². The summed E-state index contributed by atoms with van der Waals surface area (Å²) < 4.78 is 0. The van der Waals surface area contributed by atoms with Crippen molar-refractivity contribution >= 4 is 5.91 Å². The van der Waals surface area contributed by atoms with E-state index in [2.05, 4.69) is 0 Å². The van der Waals surface area contributed by atoms with Crippen LogP contribution in [0.25, 0.3) is 0 Å². The van der Waals surface area contributed by atoms with Crippen molar-refractivity contribution in [2.45, 2.75) is 69.4 Å². The smallest absolute Gasteiger partial charge is 0.242 e. The van der Waals surface area contributed by atoms with E-state index in [9.17, 15) is 9.90 Å². The zero-order valence-electron chi connectivity index (χ0n) is 11.5. The Labute approximate surface area is 110 Å². The van der Waals surface area contributed by atoms with Crippen LogP contribution in [0, 0.1) is 0 Å². The SMILES string of the molecule is CC1(O)CCCN(C(=O)C2(N)CCCCC2)CC1. The van der Waals surface area contributed by atoms with Gasteiger partial charge in [0.1, 0.15) is 0 Å². The maximum Gasteiger partial charge on any atom is 0.242 e. The normalized spacial score (nSPS) is 32.9. The lowest BCUT2D eigenvalue weighted by molar-refractivity contribution is -0.138. The van der Waals surface area contributed by atoms with Gasteiger partial charge in [0.2, 0.25) is 5.91 Å². The minimum Gasteiger partial charge on any atom is -0.390 e. The molecule has 0 aromatic carbocycles. The van der Waals surface area contributed by atoms with Crippen LogP contribution in [0.15, 0.2) is 0 Å². The Kier molecular flexibility index (Phi) is 3.97. The van der Waals surface area contributed by atoms with Gasteiger partial charge in [-0.25, -0.2) is 0 Å². The number of carbonyl (C=O) groups excluding carboxylic acids is 1. The number of nitrogens with zero attached hydrogens (tertiary/aromatic N) is 1. The molecule has 1 atom stereocenters. The molecule has 18 heavy (non-hydrogen) atoms. The fourth-order valence-electron chi connectivity index (χ4n) is 3.18. The van der Waals surface area contributed by atoms with Crippen LogP contribution in [0.4, 0.5) is 0 Å². The summed E-state index contributed by atoms with van der Waals surface area (Å²) in [4.78, 5) is 14.4. The standard InChI is InChI=1S/C14H26N2O2/c1-13(18)6-5-10-16(11-9-13)12(17)14(15)7-3-2-4-8-14/h18H,2-11,15H2,1H3. The Morgan fingerprint density at radius 2 is 1.72 bits per heavy atom. The predicted octanol–water partition coefficient (Wildman–Crippen LogP) is 1.41. The number of aliphatic hydroxyl groups is 1. The van der Waals surface area contributed by atoms with Gasteiger partial charge in [0.15, 0.2) is 0 Å². The first-order valence-electron chi connectivity index (χ1n) is 7.24. The van der Waals surface area contributed by atoms with Crippen molar-refractivity contribution in [2.24, 2.45) is 5.73 Å². The summed E-state index contributed by atoms with van der Waals surface area (Å²) in [7, 11) is 0. The molecule has 1 saturated heterocycles. The van der Waals surface area contributed by atoms with Crippen LogP contribution in [-0.4, -0.2) is 40.1 Å². The molecule has 0 aromatic heterocycles. The summed E-state index contributed by atoms with van der Waals surface area (Å²) in [6.45, 7) is 3.25. The van der Waals surface area contributed by atoms with E-state index in [-0.39, 0.29) is 5.91 Å². The number of nitrogens with two attached hydrogens (primary N) is 1. The molecule has 1 amide bonds. The third-order valence-corrected chi connectivity index (χ3v) is 4.52. The number of hydrogen-bond donors (Lipinski definition) is 2. The van der Waals surface area contributed by atoms with Crippen molar-refractivity contribution in [3.05, 3.63) is 0 Å². The van der Waals surface area contributed by atoms with Crippen LogP contribution in [0.5, 0.6) is 0 Å². The lowest BCUT2D eigenvalue weighted by Crippen LogP contribution is -2.56. The molecule has 2 aliphatic rings. The fraction of sp³-hybridized carbons (Fsp3) is 0.929. The summed E-state index contributed by atoms with van der Waals surface area (Å²) in [5, 5.41) is 10.1. The van der Waals surface area contributed by atoms with E-state index in [1.807, 2.05) is 11.8 Å². The largest absolute Gasteiger partial charge is 0.390 e. The number of rotatable bonds is 1. The summed E-state index contributed by atoms with van der Waals surface area (Å²) in [6.07, 6.45) is 7.26. The van der Waals surface area contributed by atoms with Gasteiger partial charge in [0.25, 0.3) is 0 Å². The van der Waals surface area contributed by atoms with Crippen molar-refractivity contribution in [1.82, 2.24) is 4.90 Å². The molecular formula is C14H26N2O2. The summed E-state index contributed by atoms with van der Waals surface area (Å²) >= 11 is 0. The van der Waals surface area contributed by atoms with Crippen molar-refractivity contribution in [1.29, 1.82) is 0 Å². The molecule has 1 aliphatic carbocycles. The predicted molar refractivity (Wildman–Crippen MR) is 71.1 cm³/mol. The minimum atomic E-state index is -0.631. The van der Waals surface area contributed by atoms with Crippen molar-refractivity contribution in [3.8, 4) is 0 Å². The Morgan fingerprint density at radius 1 is 1.06 bits per heavy atom. The van der Waals surface area contributed by atoms with Crippen molar-refractivity contribution in [2.75, 3.05) is 13.1 Å². The lowest BCUT2D eigenvalue weighted by Gasteiger charge is -2.36. The molecule has 4 heteroatoms. The van der Waals surface area contributed by atoms with Crippen LogP contribution in [0.2, 0.25) is 0 Å². The highest BCUT2D eigenvalue weighted by atomic mass is 16.3. The molecule has 0 spiro atoms. The van der Waals surface area contributed by atoms with Crippen molar-refractivity contribution in [3.63, 3.8) is 0 Å². The molecule has 1 heterocycles. The van der Waals surface area contributed by atoms with Crippen LogP contribution in [0.3, 0.4) is 0 Å². The molecule has 0 bridgehead atoms. The van der Waals surface area contributed by atoms with Gasteiger partial charge in [-0.05, 0) is 39.0 Å². The van der Waals surface area contributed by atoms with E-state index in [0.717, 1.165) is 45.1 Å². The summed E-state index contributed by atoms with van der Waals surface area (Å²) in [5.74, 6) is 0.111. The highest BCUT2D eigenvalue weighted by molar-refractivity contribution is 5.86. The van der Waals surface area contributed by atoms with Gasteiger partial charge < -0.3 is 15.7 Å². The minimum absolute atomic E-state index is 0.111. The third-order valence-electron chi connectivity index (χ3n) is 4.52. The van der Waals surface area contributed by atoms with E-state index < -0.39 is 11.1 Å². The van der Waals surface area contributed by atoms with Gasteiger partial charge in [-0.15, -0.1) is 0 Å². The summed E-state index contributed by atoms with van der Waals surface area (Å²) in [5.41, 5.74) is 5.05. The molecule has 1 aliphatic heterocycles. The van der Waals surface area contributed by atoms with Crippen LogP contribution in [-0.2, 0) is 4.79 Å². The highest BCUT2D eigenvalue weighted by Crippen LogP contribution is 2.29. The van der Waals surface area contributed by atoms with Gasteiger partial charge in [-0.1, -0.05) is 19.3 Å². The van der Waals surface area contributed by atoms with E-state index >= 15 is 0 Å². The lowest BCUT2D eigenvalue weighted by atomic mass is 9.81. The van der Waals surface area contributed by atoms with Gasteiger partial charge in [-0.2, -0.15) is 0 Å². The average Bonchev–Trinajstić information content (AvgIpc) is 2.50. The number of hydrogen-bond acceptors (Lipinski definition) is 3. The molecule has 1 unspecified atom stereocenters. The Bertz CT molecular complexity index is 309. The van der Waals surface area contributed by atoms with Gasteiger partial charge >= 0.3 is 0 Å². The Balaban J connectivity index is 2.00. The first-order chi connectivity index (χ1) is 8.43. The van der Waals surface area contributed by atoms with Crippen LogP contribution in [0.1, 0.15) is 58.3 Å². The number of likely N-dealkylation sites (tertiary alicyclic amines) is 1. The molecule has 2 fully saturated rings. The summed E-state index contributed by atoms with van der Waals surface area (Å²) in [6, 6.07) is 0. The maximum absolute atomic E-state index is 12.6. The topological polar surface area (TPSA) is 66.6 Å². The van der Waals surface area contributed by atoms with Crippen molar-refractivity contribution < 1.29 is 9.90 Å². The third kappa shape index (κ3) is 3.04. The number of amides is 1. The second kappa shape index (κ2) is 5.17. The van der Waals surface area contributed by atoms with Crippen LogP contribution < -0.4 is 5.73 Å². The number of carbonyl (C=O) groups is 1. The zero-order valence-corrected chi connectivity index (χ0v) is 11.5. The molecule has 104 valence electrons. The quantitative estimate of drug-likeness (QED) is 0.743. The van der Waals surface area contributed by atoms with E-state index in [0.29, 0.717) is 13.0 Å². The monoisotopic (exact) mass is 254 g/mol. The van der Waals surface area contributed by atoms with Gasteiger partial charge in [0, 0.05) is 13.1 Å². The molecular weight excluding hydrogens is 228 g/mol. The molecule has 0 aromatic rings. The maximum atomic E-state index is 12.6. The van der Waals surface area contributed by atoms with E-state index in [1.165, 1.54) is 6.42 Å². The Hall–Kier alpha value is -0.610. The average molecular weight is 254 g/mol. The molecule has 0 radical (unpaired) electrons. The van der Waals surface area contributed by atoms with E-state index in [4.69, 9.17) is 5.73 Å². The first kappa shape index (κ1) is 13.8. The van der Waals surface area contributed by atoms with Crippen LogP contribution >= 0.6 is 0 Å². The highest BCUT2D eigenvalue weighted by Gasteiger charge is 2.39. The molecule has 4 nitrogen and oxygen atoms in total. The second-order valence-corrected chi connectivity index (χ2v) is 6.36. The first-order valence-corrected chi connectivity index (χ1v) is 7.24. The van der Waals surface area contributed by atoms with E-state index in [1.54, 1.807) is 0 Å². The molecule has 1 saturated carbocycles. The zero-order chi connectivity index (χ0) is 13.2.